The van der Waals surface area contributed by atoms with Gasteiger partial charge in [-0.2, -0.15) is 5.10 Å². The Morgan fingerprint density at radius 1 is 1.19 bits per heavy atom. The van der Waals surface area contributed by atoms with E-state index in [9.17, 15) is 9.59 Å². The van der Waals surface area contributed by atoms with Crippen LogP contribution in [0.4, 0.5) is 5.95 Å². The fraction of sp³-hybridized carbons (Fsp3) is 0.500. The van der Waals surface area contributed by atoms with E-state index >= 15 is 0 Å². The maximum Gasteiger partial charge on any atom is 0.274 e. The van der Waals surface area contributed by atoms with Crippen molar-refractivity contribution in [2.75, 3.05) is 24.5 Å². The van der Waals surface area contributed by atoms with Gasteiger partial charge in [0.15, 0.2) is 0 Å². The molecule has 4 heterocycles. The lowest BCUT2D eigenvalue weighted by atomic mass is 9.92. The van der Waals surface area contributed by atoms with Gasteiger partial charge in [0, 0.05) is 44.6 Å². The molecule has 0 aliphatic carbocycles. The van der Waals surface area contributed by atoms with Crippen molar-refractivity contribution in [3.8, 4) is 0 Å². The Morgan fingerprint density at radius 3 is 2.77 bits per heavy atom. The predicted molar refractivity (Wildman–Crippen MR) is 96.0 cm³/mol. The number of carbonyl (C=O) groups excluding carboxylic acids is 1. The summed E-state index contributed by atoms with van der Waals surface area (Å²) in [5.74, 6) is 1.11. The lowest BCUT2D eigenvalue weighted by Gasteiger charge is -2.38. The lowest BCUT2D eigenvalue weighted by molar-refractivity contribution is 0.0703. The molecular weight excluding hydrogens is 332 g/mol. The molecule has 0 bridgehead atoms. The molecule has 2 aliphatic heterocycles. The van der Waals surface area contributed by atoms with E-state index in [4.69, 9.17) is 0 Å². The summed E-state index contributed by atoms with van der Waals surface area (Å²) in [6.45, 7) is 4.31. The number of aryl methyl sites for hydroxylation is 2. The summed E-state index contributed by atoms with van der Waals surface area (Å²) in [5.41, 5.74) is 1.03. The van der Waals surface area contributed by atoms with Crippen LogP contribution in [0.3, 0.4) is 0 Å². The molecule has 2 unspecified atom stereocenters. The van der Waals surface area contributed by atoms with E-state index in [2.05, 4.69) is 20.0 Å². The molecule has 8 heteroatoms. The molecule has 2 aliphatic rings. The summed E-state index contributed by atoms with van der Waals surface area (Å²) in [4.78, 5) is 37.5. The first-order chi connectivity index (χ1) is 12.5. The minimum atomic E-state index is -0.221. The van der Waals surface area contributed by atoms with Crippen molar-refractivity contribution in [3.05, 3.63) is 46.1 Å². The van der Waals surface area contributed by atoms with Crippen LogP contribution in [0.2, 0.25) is 0 Å². The van der Waals surface area contributed by atoms with E-state index in [0.29, 0.717) is 11.6 Å². The summed E-state index contributed by atoms with van der Waals surface area (Å²) in [7, 11) is 1.56. The second kappa shape index (κ2) is 6.51. The number of nitrogens with zero attached hydrogens (tertiary/aromatic N) is 6. The average Bonchev–Trinajstić information content (AvgIpc) is 3.06. The Kier molecular flexibility index (Phi) is 4.18. The SMILES string of the molecule is Cc1ccnc(N2CCC3CCN(C(=O)c4ccc(=O)n(C)n4)C3C2)n1. The quantitative estimate of drug-likeness (QED) is 0.786. The van der Waals surface area contributed by atoms with Crippen LogP contribution in [0, 0.1) is 12.8 Å². The molecule has 136 valence electrons. The van der Waals surface area contributed by atoms with Gasteiger partial charge in [0.25, 0.3) is 11.5 Å². The highest BCUT2D eigenvalue weighted by Gasteiger charge is 2.41. The molecule has 0 spiro atoms. The average molecular weight is 354 g/mol. The number of aromatic nitrogens is 4. The van der Waals surface area contributed by atoms with Crippen LogP contribution in [0.5, 0.6) is 0 Å². The highest BCUT2D eigenvalue weighted by atomic mass is 16.2. The molecular formula is C18H22N6O2. The summed E-state index contributed by atoms with van der Waals surface area (Å²) < 4.78 is 1.20. The van der Waals surface area contributed by atoms with E-state index in [0.717, 1.165) is 44.1 Å². The predicted octanol–water partition coefficient (Wildman–Crippen LogP) is 0.620. The molecule has 2 aromatic heterocycles. The molecule has 0 saturated carbocycles. The smallest absolute Gasteiger partial charge is 0.274 e. The normalized spacial score (nSPS) is 22.4. The van der Waals surface area contributed by atoms with E-state index in [1.54, 1.807) is 13.2 Å². The van der Waals surface area contributed by atoms with Gasteiger partial charge in [-0.05, 0) is 37.8 Å². The van der Waals surface area contributed by atoms with Crippen molar-refractivity contribution >= 4 is 11.9 Å². The lowest BCUT2D eigenvalue weighted by Crippen LogP contribution is -2.50. The zero-order chi connectivity index (χ0) is 18.3. The van der Waals surface area contributed by atoms with Gasteiger partial charge in [-0.3, -0.25) is 9.59 Å². The highest BCUT2D eigenvalue weighted by molar-refractivity contribution is 5.92. The van der Waals surface area contributed by atoms with Gasteiger partial charge in [-0.25, -0.2) is 14.6 Å². The number of anilines is 1. The van der Waals surface area contributed by atoms with E-state index in [1.165, 1.54) is 16.8 Å². The number of likely N-dealkylation sites (tertiary alicyclic amines) is 1. The number of fused-ring (bicyclic) bond motifs is 1. The molecule has 0 N–H and O–H groups in total. The number of carbonyl (C=O) groups is 1. The van der Waals surface area contributed by atoms with Gasteiger partial charge in [0.2, 0.25) is 5.95 Å². The first-order valence-corrected chi connectivity index (χ1v) is 8.93. The van der Waals surface area contributed by atoms with Gasteiger partial charge < -0.3 is 9.80 Å². The van der Waals surface area contributed by atoms with Crippen LogP contribution >= 0.6 is 0 Å². The molecule has 2 atom stereocenters. The van der Waals surface area contributed by atoms with Crippen LogP contribution < -0.4 is 10.5 Å². The topological polar surface area (TPSA) is 84.2 Å². The molecule has 1 amide bonds. The molecule has 2 aromatic rings. The Balaban J connectivity index is 1.56. The van der Waals surface area contributed by atoms with Crippen LogP contribution in [-0.2, 0) is 7.05 Å². The Hall–Kier alpha value is -2.77. The molecule has 0 aromatic carbocycles. The zero-order valence-electron chi connectivity index (χ0n) is 15.0. The van der Waals surface area contributed by atoms with Crippen molar-refractivity contribution in [2.45, 2.75) is 25.8 Å². The third-order valence-corrected chi connectivity index (χ3v) is 5.37. The largest absolute Gasteiger partial charge is 0.339 e. The van der Waals surface area contributed by atoms with Crippen molar-refractivity contribution in [3.63, 3.8) is 0 Å². The molecule has 4 rings (SSSR count). The zero-order valence-corrected chi connectivity index (χ0v) is 15.0. The minimum absolute atomic E-state index is 0.111. The van der Waals surface area contributed by atoms with Gasteiger partial charge in [-0.1, -0.05) is 0 Å². The minimum Gasteiger partial charge on any atom is -0.339 e. The van der Waals surface area contributed by atoms with E-state index in [-0.39, 0.29) is 17.5 Å². The number of hydrogen-bond donors (Lipinski definition) is 0. The summed E-state index contributed by atoms with van der Waals surface area (Å²) in [5, 5.41) is 4.12. The Morgan fingerprint density at radius 2 is 2.00 bits per heavy atom. The Bertz CT molecular complexity index is 895. The highest BCUT2D eigenvalue weighted by Crippen LogP contribution is 2.33. The second-order valence-electron chi connectivity index (χ2n) is 7.03. The fourth-order valence-corrected chi connectivity index (χ4v) is 3.93. The van der Waals surface area contributed by atoms with Crippen molar-refractivity contribution in [2.24, 2.45) is 13.0 Å². The number of piperidine rings is 1. The van der Waals surface area contributed by atoms with E-state index in [1.807, 2.05) is 17.9 Å². The van der Waals surface area contributed by atoms with Crippen molar-refractivity contribution in [1.29, 1.82) is 0 Å². The second-order valence-corrected chi connectivity index (χ2v) is 7.03. The number of amides is 1. The van der Waals surface area contributed by atoms with Crippen molar-refractivity contribution in [1.82, 2.24) is 24.6 Å². The van der Waals surface area contributed by atoms with Crippen molar-refractivity contribution < 1.29 is 4.79 Å². The fourth-order valence-electron chi connectivity index (χ4n) is 3.93. The summed E-state index contributed by atoms with van der Waals surface area (Å²) in [6, 6.07) is 4.91. The van der Waals surface area contributed by atoms with Crippen LogP contribution in [0.1, 0.15) is 29.0 Å². The third kappa shape index (κ3) is 2.95. The van der Waals surface area contributed by atoms with Crippen LogP contribution in [0.25, 0.3) is 0 Å². The molecule has 8 nitrogen and oxygen atoms in total. The maximum absolute atomic E-state index is 13.0. The van der Waals surface area contributed by atoms with Gasteiger partial charge in [0.1, 0.15) is 5.69 Å². The molecule has 2 fully saturated rings. The summed E-state index contributed by atoms with van der Waals surface area (Å²) in [6.07, 6.45) is 3.80. The first-order valence-electron chi connectivity index (χ1n) is 8.93. The van der Waals surface area contributed by atoms with Crippen LogP contribution in [0.15, 0.2) is 29.2 Å². The molecule has 0 radical (unpaired) electrons. The monoisotopic (exact) mass is 354 g/mol. The Labute approximate surface area is 151 Å². The standard InChI is InChI=1S/C18H22N6O2/c1-12-5-8-19-18(20-12)23-9-6-13-7-10-24(15(13)11-23)17(26)14-3-4-16(25)22(2)21-14/h3-5,8,13,15H,6-7,9-11H2,1-2H3. The third-order valence-electron chi connectivity index (χ3n) is 5.37. The van der Waals surface area contributed by atoms with E-state index < -0.39 is 0 Å². The number of hydrogen-bond acceptors (Lipinski definition) is 6. The van der Waals surface area contributed by atoms with Gasteiger partial charge in [-0.15, -0.1) is 0 Å². The molecule has 2 saturated heterocycles. The van der Waals surface area contributed by atoms with Gasteiger partial charge in [0.05, 0.1) is 6.04 Å². The molecule has 26 heavy (non-hydrogen) atoms. The van der Waals surface area contributed by atoms with Gasteiger partial charge >= 0.3 is 0 Å². The summed E-state index contributed by atoms with van der Waals surface area (Å²) >= 11 is 0. The maximum atomic E-state index is 13.0. The first kappa shape index (κ1) is 16.7. The number of rotatable bonds is 2. The van der Waals surface area contributed by atoms with Crippen LogP contribution in [-0.4, -0.2) is 56.2 Å².